The maximum Gasteiger partial charge on any atom is 0.176 e. The van der Waals surface area contributed by atoms with Gasteiger partial charge in [0.25, 0.3) is 0 Å². The molecule has 0 saturated heterocycles. The minimum absolute atomic E-state index is 0.0184. The summed E-state index contributed by atoms with van der Waals surface area (Å²) in [5.41, 5.74) is 0.551. The first-order chi connectivity index (χ1) is 9.20. The number of aliphatic hydroxyl groups excluding tert-OH is 1. The van der Waals surface area contributed by atoms with Crippen LogP contribution >= 0.6 is 0 Å². The smallest absolute Gasteiger partial charge is 0.176 e. The van der Waals surface area contributed by atoms with Crippen LogP contribution in [0.1, 0.15) is 36.0 Å². The fraction of sp³-hybridized carbons (Fsp3) is 0.533. The van der Waals surface area contributed by atoms with Crippen LogP contribution in [0.4, 0.5) is 4.39 Å². The van der Waals surface area contributed by atoms with Crippen LogP contribution in [0.2, 0.25) is 0 Å². The monoisotopic (exact) mass is 265 g/mol. The molecule has 1 fully saturated rings. The maximum atomic E-state index is 12.8. The van der Waals surface area contributed by atoms with Crippen molar-refractivity contribution in [2.24, 2.45) is 0 Å². The number of Topliss-reactive ketones (excluding diaryl/α,β-unsaturated/α-hetero) is 1. The van der Waals surface area contributed by atoms with E-state index in [4.69, 9.17) is 5.11 Å². The molecule has 19 heavy (non-hydrogen) atoms. The lowest BCUT2D eigenvalue weighted by atomic mass is 9.91. The topological polar surface area (TPSA) is 40.5 Å². The Kier molecular flexibility index (Phi) is 5.05. The molecule has 0 heterocycles. The number of benzene rings is 1. The summed E-state index contributed by atoms with van der Waals surface area (Å²) in [6.07, 6.45) is 4.16. The minimum Gasteiger partial charge on any atom is -0.396 e. The van der Waals surface area contributed by atoms with Gasteiger partial charge in [0, 0.05) is 24.8 Å². The summed E-state index contributed by atoms with van der Waals surface area (Å²) in [6, 6.07) is 6.16. The standard InChI is InChI=1S/C15H20FNO2/c16-13-7-5-12(6-8-13)15(19)11-17(9-2-10-18)14-3-1-4-14/h5-8,14,18H,1-4,9-11H2. The molecule has 0 radical (unpaired) electrons. The molecule has 104 valence electrons. The van der Waals surface area contributed by atoms with Crippen molar-refractivity contribution in [2.75, 3.05) is 19.7 Å². The zero-order valence-electron chi connectivity index (χ0n) is 11.0. The van der Waals surface area contributed by atoms with E-state index in [-0.39, 0.29) is 18.2 Å². The average Bonchev–Trinajstić information content (AvgIpc) is 2.34. The summed E-state index contributed by atoms with van der Waals surface area (Å²) >= 11 is 0. The lowest BCUT2D eigenvalue weighted by Crippen LogP contribution is -2.43. The zero-order chi connectivity index (χ0) is 13.7. The number of hydrogen-bond donors (Lipinski definition) is 1. The molecular formula is C15H20FNO2. The third-order valence-electron chi connectivity index (χ3n) is 3.71. The highest BCUT2D eigenvalue weighted by Gasteiger charge is 2.26. The number of aliphatic hydroxyl groups is 1. The fourth-order valence-corrected chi connectivity index (χ4v) is 2.33. The second kappa shape index (κ2) is 6.78. The number of ketones is 1. The van der Waals surface area contributed by atoms with Gasteiger partial charge in [0.2, 0.25) is 0 Å². The molecule has 0 amide bonds. The third kappa shape index (κ3) is 3.85. The van der Waals surface area contributed by atoms with Gasteiger partial charge in [-0.1, -0.05) is 6.42 Å². The molecule has 0 aliphatic heterocycles. The van der Waals surface area contributed by atoms with Crippen molar-refractivity contribution in [2.45, 2.75) is 31.7 Å². The molecule has 1 saturated carbocycles. The Labute approximate surface area is 113 Å². The van der Waals surface area contributed by atoms with Gasteiger partial charge in [-0.2, -0.15) is 0 Å². The number of hydrogen-bond acceptors (Lipinski definition) is 3. The van der Waals surface area contributed by atoms with Crippen molar-refractivity contribution in [3.63, 3.8) is 0 Å². The summed E-state index contributed by atoms with van der Waals surface area (Å²) in [5.74, 6) is -0.308. The molecule has 0 atom stereocenters. The van der Waals surface area contributed by atoms with Crippen LogP contribution in [0.15, 0.2) is 24.3 Å². The van der Waals surface area contributed by atoms with Crippen LogP contribution in [-0.4, -0.2) is 41.5 Å². The number of rotatable bonds is 7. The Morgan fingerprint density at radius 2 is 2.00 bits per heavy atom. The molecule has 1 aliphatic rings. The third-order valence-corrected chi connectivity index (χ3v) is 3.71. The summed E-state index contributed by atoms with van der Waals surface area (Å²) in [4.78, 5) is 14.3. The Morgan fingerprint density at radius 3 is 2.53 bits per heavy atom. The SMILES string of the molecule is O=C(CN(CCCO)C1CCC1)c1ccc(F)cc1. The second-order valence-electron chi connectivity index (χ2n) is 5.06. The molecule has 0 bridgehead atoms. The van der Waals surface area contributed by atoms with Gasteiger partial charge in [-0.3, -0.25) is 9.69 Å². The number of nitrogens with zero attached hydrogens (tertiary/aromatic N) is 1. The summed E-state index contributed by atoms with van der Waals surface area (Å²) in [7, 11) is 0. The molecule has 0 spiro atoms. The first-order valence-corrected chi connectivity index (χ1v) is 6.84. The normalized spacial score (nSPS) is 15.5. The largest absolute Gasteiger partial charge is 0.396 e. The predicted molar refractivity (Wildman–Crippen MR) is 71.6 cm³/mol. The number of halogens is 1. The van der Waals surface area contributed by atoms with E-state index in [9.17, 15) is 9.18 Å². The molecule has 0 aromatic heterocycles. The van der Waals surface area contributed by atoms with E-state index in [0.717, 1.165) is 19.4 Å². The van der Waals surface area contributed by atoms with E-state index >= 15 is 0 Å². The molecule has 4 heteroatoms. The van der Waals surface area contributed by atoms with Gasteiger partial charge in [-0.25, -0.2) is 4.39 Å². The first-order valence-electron chi connectivity index (χ1n) is 6.84. The number of carbonyl (C=O) groups excluding carboxylic acids is 1. The highest BCUT2D eigenvalue weighted by Crippen LogP contribution is 2.25. The van der Waals surface area contributed by atoms with Crippen LogP contribution in [0.25, 0.3) is 0 Å². The Morgan fingerprint density at radius 1 is 1.32 bits per heavy atom. The highest BCUT2D eigenvalue weighted by atomic mass is 19.1. The van der Waals surface area contributed by atoms with E-state index in [1.54, 1.807) is 0 Å². The van der Waals surface area contributed by atoms with Crippen LogP contribution in [0.3, 0.4) is 0 Å². The van der Waals surface area contributed by atoms with Crippen LogP contribution in [-0.2, 0) is 0 Å². The summed E-state index contributed by atoms with van der Waals surface area (Å²) in [6.45, 7) is 1.25. The van der Waals surface area contributed by atoms with E-state index in [2.05, 4.69) is 4.90 Å². The van der Waals surface area contributed by atoms with E-state index in [1.165, 1.54) is 30.7 Å². The minimum atomic E-state index is -0.326. The van der Waals surface area contributed by atoms with E-state index in [0.29, 0.717) is 24.6 Å². The lowest BCUT2D eigenvalue weighted by Gasteiger charge is -2.37. The molecule has 1 aromatic carbocycles. The fourth-order valence-electron chi connectivity index (χ4n) is 2.33. The molecule has 1 aliphatic carbocycles. The molecule has 1 aromatic rings. The zero-order valence-corrected chi connectivity index (χ0v) is 11.0. The van der Waals surface area contributed by atoms with Crippen molar-refractivity contribution in [3.8, 4) is 0 Å². The summed E-state index contributed by atoms with van der Waals surface area (Å²) in [5, 5.41) is 8.92. The van der Waals surface area contributed by atoms with Gasteiger partial charge in [0.05, 0.1) is 6.54 Å². The molecule has 0 unspecified atom stereocenters. The Bertz CT molecular complexity index is 415. The van der Waals surface area contributed by atoms with E-state index < -0.39 is 0 Å². The van der Waals surface area contributed by atoms with Crippen molar-refractivity contribution in [1.29, 1.82) is 0 Å². The van der Waals surface area contributed by atoms with Gasteiger partial charge < -0.3 is 5.11 Å². The lowest BCUT2D eigenvalue weighted by molar-refractivity contribution is 0.0788. The van der Waals surface area contributed by atoms with Crippen molar-refractivity contribution in [3.05, 3.63) is 35.6 Å². The van der Waals surface area contributed by atoms with Crippen molar-refractivity contribution >= 4 is 5.78 Å². The number of carbonyl (C=O) groups is 1. The molecule has 1 N–H and O–H groups in total. The van der Waals surface area contributed by atoms with Crippen LogP contribution in [0, 0.1) is 5.82 Å². The Hall–Kier alpha value is -1.26. The van der Waals surface area contributed by atoms with Crippen molar-refractivity contribution < 1.29 is 14.3 Å². The van der Waals surface area contributed by atoms with Crippen molar-refractivity contribution in [1.82, 2.24) is 4.90 Å². The van der Waals surface area contributed by atoms with Gasteiger partial charge in [0.1, 0.15) is 5.82 Å². The van der Waals surface area contributed by atoms with Crippen LogP contribution < -0.4 is 0 Å². The molecular weight excluding hydrogens is 245 g/mol. The Balaban J connectivity index is 1.95. The second-order valence-corrected chi connectivity index (χ2v) is 5.06. The van der Waals surface area contributed by atoms with Gasteiger partial charge in [0.15, 0.2) is 5.78 Å². The predicted octanol–water partition coefficient (Wildman–Crippen LogP) is 2.25. The first kappa shape index (κ1) is 14.2. The highest BCUT2D eigenvalue weighted by molar-refractivity contribution is 5.97. The van der Waals surface area contributed by atoms with E-state index in [1.807, 2.05) is 0 Å². The van der Waals surface area contributed by atoms with Crippen LogP contribution in [0.5, 0.6) is 0 Å². The summed E-state index contributed by atoms with van der Waals surface area (Å²) < 4.78 is 12.8. The van der Waals surface area contributed by atoms with Gasteiger partial charge >= 0.3 is 0 Å². The van der Waals surface area contributed by atoms with Gasteiger partial charge in [-0.15, -0.1) is 0 Å². The quantitative estimate of drug-likeness (QED) is 0.769. The molecule has 2 rings (SSSR count). The van der Waals surface area contributed by atoms with Gasteiger partial charge in [-0.05, 0) is 43.5 Å². The maximum absolute atomic E-state index is 12.8. The average molecular weight is 265 g/mol. The molecule has 3 nitrogen and oxygen atoms in total.